The Labute approximate surface area is 202 Å². The maximum absolute atomic E-state index is 12.0. The molecule has 0 aliphatic rings. The molecule has 0 bridgehead atoms. The van der Waals surface area contributed by atoms with E-state index in [1.807, 2.05) is 36.4 Å². The fraction of sp³-hybridized carbons (Fsp3) is 0.192. The Morgan fingerprint density at radius 1 is 1.06 bits per heavy atom. The molecule has 0 atom stereocenters. The molecule has 3 N–H and O–H groups in total. The number of carbonyl (C=O) groups is 1. The molecule has 4 aromatic heterocycles. The molecule has 5 aromatic rings. The molecule has 0 aliphatic carbocycles. The van der Waals surface area contributed by atoms with Crippen LogP contribution in [0.4, 0.5) is 5.82 Å². The van der Waals surface area contributed by atoms with Crippen molar-refractivity contribution in [2.24, 2.45) is 5.92 Å². The second-order valence-electron chi connectivity index (χ2n) is 8.70. The van der Waals surface area contributed by atoms with Gasteiger partial charge in [-0.15, -0.1) is 10.2 Å². The van der Waals surface area contributed by atoms with Crippen LogP contribution >= 0.6 is 0 Å². The van der Waals surface area contributed by atoms with Gasteiger partial charge in [0.25, 0.3) is 5.91 Å². The molecule has 5 rings (SSSR count). The van der Waals surface area contributed by atoms with Crippen molar-refractivity contribution in [1.29, 1.82) is 0 Å². The minimum atomic E-state index is -0.311. The number of rotatable bonds is 6. The summed E-state index contributed by atoms with van der Waals surface area (Å²) in [5, 5.41) is 11.7. The summed E-state index contributed by atoms with van der Waals surface area (Å²) >= 11 is 0. The van der Waals surface area contributed by atoms with Gasteiger partial charge in [-0.1, -0.05) is 38.1 Å². The number of nitrogens with two attached hydrogens (primary N) is 1. The number of amides is 1. The zero-order valence-corrected chi connectivity index (χ0v) is 19.7. The molecule has 0 spiro atoms. The van der Waals surface area contributed by atoms with E-state index in [-0.39, 0.29) is 11.7 Å². The van der Waals surface area contributed by atoms with Gasteiger partial charge in [0.1, 0.15) is 12.1 Å². The Bertz CT molecular complexity index is 1520. The van der Waals surface area contributed by atoms with E-state index in [9.17, 15) is 4.79 Å². The van der Waals surface area contributed by atoms with Crippen LogP contribution in [0.1, 0.15) is 24.4 Å². The predicted molar refractivity (Wildman–Crippen MR) is 134 cm³/mol. The Kier molecular flexibility index (Phi) is 5.74. The van der Waals surface area contributed by atoms with E-state index in [0.29, 0.717) is 17.4 Å². The average Bonchev–Trinajstić information content (AvgIpc) is 3.50. The third-order valence-corrected chi connectivity index (χ3v) is 5.75. The van der Waals surface area contributed by atoms with Crippen molar-refractivity contribution >= 4 is 22.8 Å². The fourth-order valence-corrected chi connectivity index (χ4v) is 4.08. The van der Waals surface area contributed by atoms with Gasteiger partial charge >= 0.3 is 0 Å². The van der Waals surface area contributed by atoms with Crippen molar-refractivity contribution in [2.75, 3.05) is 12.8 Å². The smallest absolute Gasteiger partial charge is 0.286 e. The van der Waals surface area contributed by atoms with Crippen LogP contribution in [0.5, 0.6) is 0 Å². The molecule has 0 fully saturated rings. The van der Waals surface area contributed by atoms with Crippen LogP contribution in [0.3, 0.4) is 0 Å². The standard InChI is InChI=1S/C26H25N7O2/c1-15(2)13-33-14-31-32-24(33)17-6-4-16(5-7-17)20-10-18(12-30-23(20)27)19-8-9-29-26-21(19)11-22(35-26)25(34)28-3/h4-12,14-15H,13H2,1-3H3,(H2,27,30)(H,28,34). The van der Waals surface area contributed by atoms with Crippen molar-refractivity contribution in [2.45, 2.75) is 20.4 Å². The molecule has 9 heteroatoms. The molecule has 4 heterocycles. The van der Waals surface area contributed by atoms with Crippen LogP contribution in [0.25, 0.3) is 44.7 Å². The highest BCUT2D eigenvalue weighted by Crippen LogP contribution is 2.34. The summed E-state index contributed by atoms with van der Waals surface area (Å²) in [7, 11) is 1.56. The van der Waals surface area contributed by atoms with Crippen molar-refractivity contribution in [3.8, 4) is 33.6 Å². The number of nitrogens with one attached hydrogen (secondary N) is 1. The third kappa shape index (κ3) is 4.23. The first kappa shape index (κ1) is 22.3. The van der Waals surface area contributed by atoms with Gasteiger partial charge in [0, 0.05) is 48.1 Å². The highest BCUT2D eigenvalue weighted by Gasteiger charge is 2.16. The number of aromatic nitrogens is 5. The number of nitrogen functional groups attached to an aromatic ring is 1. The van der Waals surface area contributed by atoms with Crippen molar-refractivity contribution in [3.63, 3.8) is 0 Å². The number of anilines is 1. The first-order chi connectivity index (χ1) is 16.9. The number of carbonyl (C=O) groups excluding carboxylic acids is 1. The molecular weight excluding hydrogens is 442 g/mol. The van der Waals surface area contributed by atoms with Gasteiger partial charge in [-0.2, -0.15) is 0 Å². The van der Waals surface area contributed by atoms with E-state index < -0.39 is 0 Å². The first-order valence-electron chi connectivity index (χ1n) is 11.3. The highest BCUT2D eigenvalue weighted by molar-refractivity contribution is 6.00. The van der Waals surface area contributed by atoms with Gasteiger partial charge < -0.3 is 20.0 Å². The van der Waals surface area contributed by atoms with Crippen LogP contribution in [0.2, 0.25) is 0 Å². The number of pyridine rings is 2. The minimum absolute atomic E-state index is 0.201. The van der Waals surface area contributed by atoms with E-state index in [4.69, 9.17) is 10.2 Å². The molecule has 1 amide bonds. The van der Waals surface area contributed by atoms with Crippen LogP contribution in [0, 0.1) is 5.92 Å². The molecule has 0 saturated heterocycles. The van der Waals surface area contributed by atoms with E-state index in [2.05, 4.69) is 43.9 Å². The molecule has 35 heavy (non-hydrogen) atoms. The zero-order valence-electron chi connectivity index (χ0n) is 19.7. The maximum atomic E-state index is 12.0. The van der Waals surface area contributed by atoms with Crippen LogP contribution in [0.15, 0.2) is 65.6 Å². The first-order valence-corrected chi connectivity index (χ1v) is 11.3. The predicted octanol–water partition coefficient (Wildman–Crippen LogP) is 4.41. The summed E-state index contributed by atoms with van der Waals surface area (Å²) in [6, 6.07) is 13.6. The van der Waals surface area contributed by atoms with E-state index in [0.717, 1.165) is 45.6 Å². The summed E-state index contributed by atoms with van der Waals surface area (Å²) in [4.78, 5) is 20.7. The van der Waals surface area contributed by atoms with Gasteiger partial charge in [-0.25, -0.2) is 9.97 Å². The number of benzene rings is 1. The zero-order chi connectivity index (χ0) is 24.5. The molecule has 0 radical (unpaired) electrons. The third-order valence-electron chi connectivity index (χ3n) is 5.75. The fourth-order valence-electron chi connectivity index (χ4n) is 4.08. The van der Waals surface area contributed by atoms with Gasteiger partial charge in [-0.05, 0) is 35.2 Å². The Morgan fingerprint density at radius 2 is 1.83 bits per heavy atom. The summed E-state index contributed by atoms with van der Waals surface area (Å²) in [6.45, 7) is 5.17. The van der Waals surface area contributed by atoms with Crippen LogP contribution in [-0.4, -0.2) is 37.7 Å². The molecule has 1 aromatic carbocycles. The van der Waals surface area contributed by atoms with Crippen molar-refractivity contribution in [3.05, 3.63) is 66.9 Å². The molecule has 0 saturated carbocycles. The van der Waals surface area contributed by atoms with Crippen molar-refractivity contribution < 1.29 is 9.21 Å². The largest absolute Gasteiger partial charge is 0.433 e. The van der Waals surface area contributed by atoms with Gasteiger partial charge in [-0.3, -0.25) is 4.79 Å². The second kappa shape index (κ2) is 9.02. The molecule has 0 aliphatic heterocycles. The number of hydrogen-bond donors (Lipinski definition) is 2. The van der Waals surface area contributed by atoms with E-state index in [1.165, 1.54) is 0 Å². The lowest BCUT2D eigenvalue weighted by Crippen LogP contribution is -2.16. The molecule has 0 unspecified atom stereocenters. The summed E-state index contributed by atoms with van der Waals surface area (Å²) in [5.41, 5.74) is 11.0. The Hall–Kier alpha value is -4.53. The van der Waals surface area contributed by atoms with Gasteiger partial charge in [0.2, 0.25) is 5.71 Å². The lowest BCUT2D eigenvalue weighted by molar-refractivity contribution is 0.0937. The SMILES string of the molecule is CNC(=O)c1cc2c(-c3cnc(N)c(-c4ccc(-c5nncn5CC(C)C)cc4)c3)ccnc2o1. The molecular formula is C26H25N7O2. The summed E-state index contributed by atoms with van der Waals surface area (Å²) in [5.74, 6) is 1.63. The lowest BCUT2D eigenvalue weighted by Gasteiger charge is -2.11. The van der Waals surface area contributed by atoms with Gasteiger partial charge in [0.15, 0.2) is 11.6 Å². The average molecular weight is 468 g/mol. The van der Waals surface area contributed by atoms with Crippen LogP contribution < -0.4 is 11.1 Å². The number of furan rings is 1. The van der Waals surface area contributed by atoms with Crippen molar-refractivity contribution in [1.82, 2.24) is 30.0 Å². The number of nitrogens with zero attached hydrogens (tertiary/aromatic N) is 5. The lowest BCUT2D eigenvalue weighted by atomic mass is 9.99. The number of hydrogen-bond acceptors (Lipinski definition) is 7. The van der Waals surface area contributed by atoms with Gasteiger partial charge in [0.05, 0.1) is 0 Å². The molecule has 176 valence electrons. The summed E-state index contributed by atoms with van der Waals surface area (Å²) < 4.78 is 7.68. The van der Waals surface area contributed by atoms with E-state index in [1.54, 1.807) is 31.8 Å². The number of fused-ring (bicyclic) bond motifs is 1. The Balaban J connectivity index is 1.52. The minimum Gasteiger partial charge on any atom is -0.433 e. The van der Waals surface area contributed by atoms with E-state index >= 15 is 0 Å². The maximum Gasteiger partial charge on any atom is 0.286 e. The second-order valence-corrected chi connectivity index (χ2v) is 8.70. The monoisotopic (exact) mass is 467 g/mol. The van der Waals surface area contributed by atoms with Crippen LogP contribution in [-0.2, 0) is 6.54 Å². The molecule has 9 nitrogen and oxygen atoms in total. The highest BCUT2D eigenvalue weighted by atomic mass is 16.4. The topological polar surface area (TPSA) is 125 Å². The quantitative estimate of drug-likeness (QED) is 0.379. The summed E-state index contributed by atoms with van der Waals surface area (Å²) in [6.07, 6.45) is 5.12. The normalized spacial score (nSPS) is 11.3. The Morgan fingerprint density at radius 3 is 2.57 bits per heavy atom.